The molecule has 0 spiro atoms. The lowest BCUT2D eigenvalue weighted by molar-refractivity contribution is 0.0723. The minimum Gasteiger partial charge on any atom is -0.368 e. The first kappa shape index (κ1) is 16.8. The molecular weight excluding hydrogens is 326 g/mol. The van der Waals surface area contributed by atoms with Crippen LogP contribution in [0.15, 0.2) is 42.7 Å². The van der Waals surface area contributed by atoms with Crippen molar-refractivity contribution in [3.8, 4) is 0 Å². The van der Waals surface area contributed by atoms with Crippen LogP contribution in [-0.4, -0.2) is 60.0 Å². The molecule has 4 rings (SSSR count). The van der Waals surface area contributed by atoms with E-state index < -0.39 is 0 Å². The molecule has 2 aliphatic heterocycles. The number of aromatic nitrogens is 2. The van der Waals surface area contributed by atoms with Crippen LogP contribution in [0.3, 0.4) is 0 Å². The van der Waals surface area contributed by atoms with Crippen molar-refractivity contribution in [1.29, 1.82) is 0 Å². The SMILES string of the molecule is O=C(c1cnc(N2CCN(c3ccccc3)CC2)nc1)N1CCCCC1. The van der Waals surface area contributed by atoms with E-state index in [9.17, 15) is 4.79 Å². The van der Waals surface area contributed by atoms with Gasteiger partial charge in [0, 0.05) is 57.3 Å². The number of carbonyl (C=O) groups excluding carboxylic acids is 1. The summed E-state index contributed by atoms with van der Waals surface area (Å²) in [6.07, 6.45) is 6.77. The summed E-state index contributed by atoms with van der Waals surface area (Å²) < 4.78 is 0. The van der Waals surface area contributed by atoms with Gasteiger partial charge in [-0.05, 0) is 31.4 Å². The van der Waals surface area contributed by atoms with E-state index in [1.807, 2.05) is 11.0 Å². The van der Waals surface area contributed by atoms with Gasteiger partial charge in [0.2, 0.25) is 5.95 Å². The summed E-state index contributed by atoms with van der Waals surface area (Å²) in [7, 11) is 0. The molecule has 0 aliphatic carbocycles. The number of likely N-dealkylation sites (tertiary alicyclic amines) is 1. The molecule has 0 bridgehead atoms. The fourth-order valence-electron chi connectivity index (χ4n) is 3.68. The molecule has 0 unspecified atom stereocenters. The first-order chi connectivity index (χ1) is 12.8. The summed E-state index contributed by atoms with van der Waals surface area (Å²) >= 11 is 0. The Morgan fingerprint density at radius 3 is 2.04 bits per heavy atom. The van der Waals surface area contributed by atoms with Crippen LogP contribution in [0.1, 0.15) is 29.6 Å². The summed E-state index contributed by atoms with van der Waals surface area (Å²) in [5, 5.41) is 0. The number of benzene rings is 1. The van der Waals surface area contributed by atoms with Gasteiger partial charge in [-0.25, -0.2) is 9.97 Å². The van der Waals surface area contributed by atoms with Crippen LogP contribution in [0.5, 0.6) is 0 Å². The molecular formula is C20H25N5O. The van der Waals surface area contributed by atoms with E-state index in [-0.39, 0.29) is 5.91 Å². The predicted octanol–water partition coefficient (Wildman–Crippen LogP) is 2.43. The highest BCUT2D eigenvalue weighted by Crippen LogP contribution is 2.18. The maximum atomic E-state index is 12.5. The number of anilines is 2. The molecule has 136 valence electrons. The van der Waals surface area contributed by atoms with Crippen molar-refractivity contribution in [2.75, 3.05) is 49.1 Å². The summed E-state index contributed by atoms with van der Waals surface area (Å²) in [6, 6.07) is 10.5. The zero-order valence-electron chi connectivity index (χ0n) is 15.0. The van der Waals surface area contributed by atoms with E-state index in [1.54, 1.807) is 12.4 Å². The lowest BCUT2D eigenvalue weighted by atomic mass is 10.1. The van der Waals surface area contributed by atoms with E-state index in [0.717, 1.165) is 52.1 Å². The highest BCUT2D eigenvalue weighted by atomic mass is 16.2. The van der Waals surface area contributed by atoms with E-state index in [4.69, 9.17) is 0 Å². The number of carbonyl (C=O) groups is 1. The quantitative estimate of drug-likeness (QED) is 0.850. The maximum absolute atomic E-state index is 12.5. The van der Waals surface area contributed by atoms with Gasteiger partial charge in [-0.1, -0.05) is 18.2 Å². The third-order valence-electron chi connectivity index (χ3n) is 5.21. The summed E-state index contributed by atoms with van der Waals surface area (Å²) in [5.41, 5.74) is 1.86. The van der Waals surface area contributed by atoms with Gasteiger partial charge in [0.25, 0.3) is 5.91 Å². The number of piperidine rings is 1. The van der Waals surface area contributed by atoms with Crippen LogP contribution in [-0.2, 0) is 0 Å². The van der Waals surface area contributed by atoms with Crippen molar-refractivity contribution < 1.29 is 4.79 Å². The average Bonchev–Trinajstić information content (AvgIpc) is 2.75. The lowest BCUT2D eigenvalue weighted by Gasteiger charge is -2.36. The minimum absolute atomic E-state index is 0.0603. The summed E-state index contributed by atoms with van der Waals surface area (Å²) in [5.74, 6) is 0.776. The second kappa shape index (κ2) is 7.72. The molecule has 6 nitrogen and oxygen atoms in total. The van der Waals surface area contributed by atoms with Crippen molar-refractivity contribution >= 4 is 17.5 Å². The Morgan fingerprint density at radius 2 is 1.38 bits per heavy atom. The molecule has 2 aromatic rings. The second-order valence-electron chi connectivity index (χ2n) is 6.93. The van der Waals surface area contributed by atoms with Crippen molar-refractivity contribution in [2.24, 2.45) is 0 Å². The highest BCUT2D eigenvalue weighted by Gasteiger charge is 2.21. The molecule has 3 heterocycles. The number of rotatable bonds is 3. The van der Waals surface area contributed by atoms with Crippen LogP contribution < -0.4 is 9.80 Å². The summed E-state index contributed by atoms with van der Waals surface area (Å²) in [4.78, 5) is 27.9. The third kappa shape index (κ3) is 3.64. The van der Waals surface area contributed by atoms with Gasteiger partial charge in [-0.3, -0.25) is 4.79 Å². The van der Waals surface area contributed by atoms with E-state index in [1.165, 1.54) is 12.1 Å². The summed E-state index contributed by atoms with van der Waals surface area (Å²) in [6.45, 7) is 5.36. The van der Waals surface area contributed by atoms with Crippen LogP contribution in [0, 0.1) is 0 Å². The van der Waals surface area contributed by atoms with Crippen LogP contribution in [0.4, 0.5) is 11.6 Å². The molecule has 0 atom stereocenters. The van der Waals surface area contributed by atoms with E-state index in [2.05, 4.69) is 44.0 Å². The van der Waals surface area contributed by atoms with Gasteiger partial charge in [0.1, 0.15) is 0 Å². The molecule has 1 aromatic carbocycles. The number of hydrogen-bond acceptors (Lipinski definition) is 5. The topological polar surface area (TPSA) is 52.6 Å². The Hall–Kier alpha value is -2.63. The standard InChI is InChI=1S/C20H25N5O/c26-19(24-9-5-2-6-10-24)17-15-21-20(22-16-17)25-13-11-23(12-14-25)18-7-3-1-4-8-18/h1,3-4,7-8,15-16H,2,5-6,9-14H2. The number of para-hydroxylation sites is 1. The molecule has 0 N–H and O–H groups in total. The van der Waals surface area contributed by atoms with Gasteiger partial charge >= 0.3 is 0 Å². The number of nitrogens with zero attached hydrogens (tertiary/aromatic N) is 5. The largest absolute Gasteiger partial charge is 0.368 e. The Balaban J connectivity index is 1.36. The van der Waals surface area contributed by atoms with E-state index >= 15 is 0 Å². The molecule has 6 heteroatoms. The van der Waals surface area contributed by atoms with E-state index in [0.29, 0.717) is 11.5 Å². The van der Waals surface area contributed by atoms with Gasteiger partial charge in [-0.2, -0.15) is 0 Å². The number of hydrogen-bond donors (Lipinski definition) is 0. The van der Waals surface area contributed by atoms with Crippen molar-refractivity contribution in [3.05, 3.63) is 48.3 Å². The van der Waals surface area contributed by atoms with Crippen LogP contribution in [0.2, 0.25) is 0 Å². The van der Waals surface area contributed by atoms with Crippen molar-refractivity contribution in [1.82, 2.24) is 14.9 Å². The molecule has 26 heavy (non-hydrogen) atoms. The minimum atomic E-state index is 0.0603. The second-order valence-corrected chi connectivity index (χ2v) is 6.93. The van der Waals surface area contributed by atoms with Crippen LogP contribution in [0.25, 0.3) is 0 Å². The first-order valence-corrected chi connectivity index (χ1v) is 9.47. The van der Waals surface area contributed by atoms with Crippen molar-refractivity contribution in [3.63, 3.8) is 0 Å². The van der Waals surface area contributed by atoms with Gasteiger partial charge in [0.15, 0.2) is 0 Å². The lowest BCUT2D eigenvalue weighted by Crippen LogP contribution is -2.47. The molecule has 0 saturated carbocycles. The fourth-order valence-corrected chi connectivity index (χ4v) is 3.68. The van der Waals surface area contributed by atoms with Gasteiger partial charge in [0.05, 0.1) is 5.56 Å². The highest BCUT2D eigenvalue weighted by molar-refractivity contribution is 5.93. The zero-order chi connectivity index (χ0) is 17.8. The number of piperazine rings is 1. The monoisotopic (exact) mass is 351 g/mol. The molecule has 2 saturated heterocycles. The van der Waals surface area contributed by atoms with Crippen LogP contribution >= 0.6 is 0 Å². The zero-order valence-corrected chi connectivity index (χ0v) is 15.0. The normalized spacial score (nSPS) is 18.1. The Kier molecular flexibility index (Phi) is 5.00. The third-order valence-corrected chi connectivity index (χ3v) is 5.21. The average molecular weight is 351 g/mol. The van der Waals surface area contributed by atoms with Gasteiger partial charge < -0.3 is 14.7 Å². The number of amides is 1. The van der Waals surface area contributed by atoms with Crippen molar-refractivity contribution in [2.45, 2.75) is 19.3 Å². The first-order valence-electron chi connectivity index (χ1n) is 9.47. The molecule has 1 aromatic heterocycles. The Labute approximate surface area is 154 Å². The Morgan fingerprint density at radius 1 is 0.769 bits per heavy atom. The maximum Gasteiger partial charge on any atom is 0.256 e. The van der Waals surface area contributed by atoms with Gasteiger partial charge in [-0.15, -0.1) is 0 Å². The molecule has 2 aliphatic rings. The molecule has 1 amide bonds. The molecule has 2 fully saturated rings. The fraction of sp³-hybridized carbons (Fsp3) is 0.450. The predicted molar refractivity (Wildman–Crippen MR) is 103 cm³/mol. The molecule has 0 radical (unpaired) electrons. The Bertz CT molecular complexity index is 720. The smallest absolute Gasteiger partial charge is 0.256 e.